The summed E-state index contributed by atoms with van der Waals surface area (Å²) in [5.74, 6) is 0.0266. The number of carbonyl (C=O) groups excluding carboxylic acids is 1. The first-order valence-electron chi connectivity index (χ1n) is 11.4. The molecule has 1 fully saturated rings. The summed E-state index contributed by atoms with van der Waals surface area (Å²) >= 11 is 0. The quantitative estimate of drug-likeness (QED) is 0.542. The summed E-state index contributed by atoms with van der Waals surface area (Å²) in [4.78, 5) is 37.2. The Morgan fingerprint density at radius 3 is 3.06 bits per heavy atom. The van der Waals surface area contributed by atoms with Gasteiger partial charge in [-0.2, -0.15) is 0 Å². The van der Waals surface area contributed by atoms with Gasteiger partial charge in [0, 0.05) is 44.1 Å². The van der Waals surface area contributed by atoms with E-state index in [1.165, 1.54) is 5.56 Å². The molecular weight excluding hydrogens is 422 g/mol. The van der Waals surface area contributed by atoms with Gasteiger partial charge in [0.1, 0.15) is 11.3 Å². The molecule has 9 heteroatoms. The molecule has 0 bridgehead atoms. The van der Waals surface area contributed by atoms with E-state index in [0.29, 0.717) is 36.3 Å². The van der Waals surface area contributed by atoms with Gasteiger partial charge in [0.05, 0.1) is 18.7 Å². The van der Waals surface area contributed by atoms with Crippen molar-refractivity contribution in [3.63, 3.8) is 0 Å². The molecule has 1 atom stereocenters. The minimum Gasteiger partial charge on any atom is -0.481 e. The number of amides is 2. The predicted molar refractivity (Wildman–Crippen MR) is 122 cm³/mol. The van der Waals surface area contributed by atoms with E-state index in [9.17, 15) is 14.7 Å². The molecule has 0 aromatic carbocycles. The molecule has 3 aromatic rings. The molecule has 1 saturated heterocycles. The first-order chi connectivity index (χ1) is 16.1. The van der Waals surface area contributed by atoms with E-state index >= 15 is 0 Å². The Morgan fingerprint density at radius 2 is 2.18 bits per heavy atom. The highest BCUT2D eigenvalue weighted by molar-refractivity contribution is 5.79. The van der Waals surface area contributed by atoms with Crippen LogP contribution in [-0.4, -0.2) is 63.1 Å². The number of pyridine rings is 2. The fourth-order valence-corrected chi connectivity index (χ4v) is 4.67. The van der Waals surface area contributed by atoms with Crippen molar-refractivity contribution in [2.24, 2.45) is 0 Å². The number of aliphatic carboxylic acids is 1. The van der Waals surface area contributed by atoms with Crippen molar-refractivity contribution in [3.05, 3.63) is 53.5 Å². The number of carboxylic acids is 1. The average molecular weight is 450 g/mol. The normalized spacial score (nSPS) is 16.7. The molecule has 0 spiro atoms. The second-order valence-corrected chi connectivity index (χ2v) is 8.59. The van der Waals surface area contributed by atoms with Crippen molar-refractivity contribution in [1.29, 1.82) is 0 Å². The van der Waals surface area contributed by atoms with E-state index in [1.807, 2.05) is 0 Å². The van der Waals surface area contributed by atoms with Crippen LogP contribution in [-0.2, 0) is 17.6 Å². The summed E-state index contributed by atoms with van der Waals surface area (Å²) in [5.41, 5.74) is 4.24. The number of aryl methyl sites for hydroxylation is 2. The molecule has 2 aliphatic rings. The van der Waals surface area contributed by atoms with Crippen LogP contribution in [0.5, 0.6) is 0 Å². The zero-order valence-corrected chi connectivity index (χ0v) is 18.4. The van der Waals surface area contributed by atoms with Crippen LogP contribution in [0, 0.1) is 0 Å². The number of fused-ring (bicyclic) bond motifs is 2. The number of carboxylic acid groups (broad SMARTS) is 1. The van der Waals surface area contributed by atoms with Gasteiger partial charge in [-0.05, 0) is 48.9 Å². The Balaban J connectivity index is 1.23. The molecular formula is C24H27N5O4. The average Bonchev–Trinajstić information content (AvgIpc) is 3.43. The van der Waals surface area contributed by atoms with Crippen molar-refractivity contribution in [1.82, 2.24) is 19.8 Å². The number of anilines is 1. The van der Waals surface area contributed by atoms with E-state index in [1.54, 1.807) is 34.4 Å². The van der Waals surface area contributed by atoms with E-state index in [4.69, 9.17) is 9.40 Å². The fourth-order valence-electron chi connectivity index (χ4n) is 4.67. The van der Waals surface area contributed by atoms with Crippen molar-refractivity contribution in [2.45, 2.75) is 38.1 Å². The van der Waals surface area contributed by atoms with E-state index < -0.39 is 12.0 Å². The lowest BCUT2D eigenvalue weighted by Crippen LogP contribution is -2.36. The Morgan fingerprint density at radius 1 is 1.27 bits per heavy atom. The molecule has 0 unspecified atom stereocenters. The van der Waals surface area contributed by atoms with Gasteiger partial charge in [0.25, 0.3) is 0 Å². The smallest absolute Gasteiger partial charge is 0.320 e. The number of rotatable bonds is 8. The Kier molecular flexibility index (Phi) is 5.85. The number of nitrogens with one attached hydrogen (secondary N) is 1. The number of furan rings is 1. The maximum absolute atomic E-state index is 13.1. The number of hydrogen-bond donors (Lipinski definition) is 2. The minimum atomic E-state index is -0.960. The third-order valence-electron chi connectivity index (χ3n) is 6.39. The molecule has 2 amide bonds. The van der Waals surface area contributed by atoms with Crippen LogP contribution in [0.1, 0.15) is 42.1 Å². The Bertz CT molecular complexity index is 1180. The van der Waals surface area contributed by atoms with Gasteiger partial charge in [-0.3, -0.25) is 9.78 Å². The largest absolute Gasteiger partial charge is 0.481 e. The van der Waals surface area contributed by atoms with Crippen LogP contribution in [0.25, 0.3) is 11.1 Å². The first kappa shape index (κ1) is 21.2. The van der Waals surface area contributed by atoms with Crippen molar-refractivity contribution >= 4 is 28.9 Å². The maximum atomic E-state index is 13.1. The molecule has 2 aliphatic heterocycles. The lowest BCUT2D eigenvalue weighted by atomic mass is 10.0. The van der Waals surface area contributed by atoms with E-state index in [0.717, 1.165) is 43.7 Å². The SMILES string of the molecule is O=C(O)C[C@H](c1cnc2ccoc2c1)N1CCN(CCCc2ccc3c(n2)NCCC3)C1=O. The van der Waals surface area contributed by atoms with E-state index in [2.05, 4.69) is 22.4 Å². The van der Waals surface area contributed by atoms with Gasteiger partial charge in [-0.15, -0.1) is 0 Å². The van der Waals surface area contributed by atoms with Crippen LogP contribution in [0.15, 0.2) is 41.1 Å². The minimum absolute atomic E-state index is 0.138. The van der Waals surface area contributed by atoms with Crippen LogP contribution >= 0.6 is 0 Å². The summed E-state index contributed by atoms with van der Waals surface area (Å²) in [5, 5.41) is 12.8. The zero-order chi connectivity index (χ0) is 22.8. The van der Waals surface area contributed by atoms with Crippen LogP contribution in [0.2, 0.25) is 0 Å². The van der Waals surface area contributed by atoms with Gasteiger partial charge in [-0.25, -0.2) is 9.78 Å². The molecule has 9 nitrogen and oxygen atoms in total. The molecule has 172 valence electrons. The highest BCUT2D eigenvalue weighted by atomic mass is 16.4. The zero-order valence-electron chi connectivity index (χ0n) is 18.4. The predicted octanol–water partition coefficient (Wildman–Crippen LogP) is 3.47. The molecule has 0 radical (unpaired) electrons. The third-order valence-corrected chi connectivity index (χ3v) is 6.39. The standard InChI is InChI=1S/C24H27N5O4/c30-22(31)14-20(17-13-21-19(26-15-17)7-12-33-21)29-11-10-28(24(29)32)9-2-4-18-6-5-16-3-1-8-25-23(16)27-18/h5-7,12-13,15,20H,1-4,8-11,14H2,(H,25,27)(H,30,31)/t20-/m1/s1. The lowest BCUT2D eigenvalue weighted by molar-refractivity contribution is -0.138. The summed E-state index contributed by atoms with van der Waals surface area (Å²) in [6.45, 7) is 2.62. The molecule has 3 aromatic heterocycles. The summed E-state index contributed by atoms with van der Waals surface area (Å²) in [6, 6.07) is 7.03. The van der Waals surface area contributed by atoms with Crippen molar-refractivity contribution in [2.75, 3.05) is 31.5 Å². The summed E-state index contributed by atoms with van der Waals surface area (Å²) < 4.78 is 5.42. The number of hydrogen-bond acceptors (Lipinski definition) is 6. The van der Waals surface area contributed by atoms with Crippen molar-refractivity contribution < 1.29 is 19.1 Å². The number of carbonyl (C=O) groups is 2. The lowest BCUT2D eigenvalue weighted by Gasteiger charge is -2.27. The number of urea groups is 1. The fraction of sp³-hybridized carbons (Fsp3) is 0.417. The first-order valence-corrected chi connectivity index (χ1v) is 11.4. The van der Waals surface area contributed by atoms with Gasteiger partial charge >= 0.3 is 12.0 Å². The molecule has 5 rings (SSSR count). The topological polar surface area (TPSA) is 112 Å². The van der Waals surface area contributed by atoms with Crippen LogP contribution < -0.4 is 5.32 Å². The summed E-state index contributed by atoms with van der Waals surface area (Å²) in [7, 11) is 0. The second kappa shape index (κ2) is 9.09. The van der Waals surface area contributed by atoms with Crippen LogP contribution in [0.3, 0.4) is 0 Å². The Labute approximate surface area is 191 Å². The monoisotopic (exact) mass is 449 g/mol. The molecule has 2 N–H and O–H groups in total. The highest BCUT2D eigenvalue weighted by Crippen LogP contribution is 2.30. The van der Waals surface area contributed by atoms with Crippen LogP contribution in [0.4, 0.5) is 10.6 Å². The summed E-state index contributed by atoms with van der Waals surface area (Å²) in [6.07, 6.45) is 6.79. The second-order valence-electron chi connectivity index (χ2n) is 8.59. The van der Waals surface area contributed by atoms with Gasteiger partial charge < -0.3 is 24.6 Å². The highest BCUT2D eigenvalue weighted by Gasteiger charge is 2.35. The van der Waals surface area contributed by atoms with Gasteiger partial charge in [-0.1, -0.05) is 6.07 Å². The number of nitrogens with zero attached hydrogens (tertiary/aromatic N) is 4. The number of aromatic nitrogens is 2. The molecule has 5 heterocycles. The van der Waals surface area contributed by atoms with Gasteiger partial charge in [0.2, 0.25) is 0 Å². The van der Waals surface area contributed by atoms with Gasteiger partial charge in [0.15, 0.2) is 5.58 Å². The molecule has 33 heavy (non-hydrogen) atoms. The molecule has 0 aliphatic carbocycles. The third kappa shape index (κ3) is 4.48. The maximum Gasteiger partial charge on any atom is 0.320 e. The Hall–Kier alpha value is -3.62. The molecule has 0 saturated carbocycles. The van der Waals surface area contributed by atoms with Crippen molar-refractivity contribution in [3.8, 4) is 0 Å². The van der Waals surface area contributed by atoms with E-state index in [-0.39, 0.29) is 12.5 Å².